The van der Waals surface area contributed by atoms with Crippen molar-refractivity contribution in [3.05, 3.63) is 47.3 Å². The van der Waals surface area contributed by atoms with Gasteiger partial charge in [-0.3, -0.25) is 0 Å². The number of nitrogens with zero attached hydrogens (tertiary/aromatic N) is 3. The molecule has 2 aliphatic rings. The van der Waals surface area contributed by atoms with Gasteiger partial charge in [-0.2, -0.15) is 4.98 Å². The Morgan fingerprint density at radius 2 is 1.84 bits per heavy atom. The van der Waals surface area contributed by atoms with Gasteiger partial charge in [0.15, 0.2) is 0 Å². The third-order valence-corrected chi connectivity index (χ3v) is 7.19. The van der Waals surface area contributed by atoms with Crippen molar-refractivity contribution in [2.24, 2.45) is 5.92 Å². The van der Waals surface area contributed by atoms with E-state index in [0.717, 1.165) is 43.6 Å². The Morgan fingerprint density at radius 1 is 1.03 bits per heavy atom. The molecule has 0 radical (unpaired) electrons. The zero-order chi connectivity index (χ0) is 21.9. The summed E-state index contributed by atoms with van der Waals surface area (Å²) in [5.41, 5.74) is 5.19. The summed E-state index contributed by atoms with van der Waals surface area (Å²) in [5, 5.41) is 8.70. The first kappa shape index (κ1) is 21.3. The van der Waals surface area contributed by atoms with Crippen molar-refractivity contribution in [2.45, 2.75) is 64.0 Å². The highest BCUT2D eigenvalue weighted by Crippen LogP contribution is 2.30. The summed E-state index contributed by atoms with van der Waals surface area (Å²) in [6.45, 7) is 2.02. The average molecular weight is 433 g/mol. The Bertz CT molecular complexity index is 1050. The van der Waals surface area contributed by atoms with E-state index in [1.54, 1.807) is 0 Å². The lowest BCUT2D eigenvalue weighted by atomic mass is 9.86. The molecule has 1 fully saturated rings. The Labute approximate surface area is 191 Å². The maximum Gasteiger partial charge on any atom is 0.225 e. The Kier molecular flexibility index (Phi) is 6.30. The van der Waals surface area contributed by atoms with E-state index in [1.807, 2.05) is 0 Å². The van der Waals surface area contributed by atoms with Gasteiger partial charge in [0.05, 0.1) is 5.69 Å². The van der Waals surface area contributed by atoms with E-state index >= 15 is 0 Å². The second-order valence-corrected chi connectivity index (χ2v) is 9.75. The lowest BCUT2D eigenvalue weighted by molar-refractivity contribution is 0.324. The topological polar surface area (TPSA) is 68.9 Å². The summed E-state index contributed by atoms with van der Waals surface area (Å²) < 4.78 is 0. The van der Waals surface area contributed by atoms with Gasteiger partial charge in [-0.1, -0.05) is 18.2 Å². The molecule has 3 aromatic rings. The Morgan fingerprint density at radius 3 is 2.69 bits per heavy atom. The number of aryl methyl sites for hydroxylation is 1. The number of nitrogens with one attached hydrogen (secondary N) is 3. The summed E-state index contributed by atoms with van der Waals surface area (Å²) in [7, 11) is 4.19. The fourth-order valence-electron chi connectivity index (χ4n) is 5.39. The van der Waals surface area contributed by atoms with E-state index in [4.69, 9.17) is 9.97 Å². The molecule has 0 aliphatic heterocycles. The largest absolute Gasteiger partial charge is 0.362 e. The molecule has 0 spiro atoms. The number of rotatable bonds is 7. The smallest absolute Gasteiger partial charge is 0.225 e. The van der Waals surface area contributed by atoms with Crippen molar-refractivity contribution in [1.82, 2.24) is 20.3 Å². The minimum absolute atomic E-state index is 0.483. The van der Waals surface area contributed by atoms with Crippen molar-refractivity contribution in [1.29, 1.82) is 0 Å². The standard InChI is InChI=1S/C26H36N6/c1-32(2)25-22-8-4-6-10-24(22)30-26(31-25)29-20-13-11-18(12-14-20)15-27-16-19-17-28-23-9-5-3-7-21(19)23/h3,5,7,9,17-18,20,27-28H,4,6,8,10-16H2,1-2H3,(H,29,30,31). The van der Waals surface area contributed by atoms with Gasteiger partial charge >= 0.3 is 0 Å². The lowest BCUT2D eigenvalue weighted by Gasteiger charge is -2.30. The van der Waals surface area contributed by atoms with Gasteiger partial charge in [0.1, 0.15) is 5.82 Å². The highest BCUT2D eigenvalue weighted by atomic mass is 15.2. The summed E-state index contributed by atoms with van der Waals surface area (Å²) in [4.78, 5) is 15.3. The third-order valence-electron chi connectivity index (χ3n) is 7.19. The minimum Gasteiger partial charge on any atom is -0.362 e. The molecule has 1 aromatic carbocycles. The number of anilines is 2. The molecule has 2 heterocycles. The van der Waals surface area contributed by atoms with Crippen molar-refractivity contribution in [3.8, 4) is 0 Å². The second kappa shape index (κ2) is 9.49. The highest BCUT2D eigenvalue weighted by Gasteiger charge is 2.24. The zero-order valence-corrected chi connectivity index (χ0v) is 19.5. The van der Waals surface area contributed by atoms with E-state index in [0.29, 0.717) is 6.04 Å². The van der Waals surface area contributed by atoms with Crippen molar-refractivity contribution in [3.63, 3.8) is 0 Å². The maximum absolute atomic E-state index is 4.91. The predicted molar refractivity (Wildman–Crippen MR) is 132 cm³/mol. The molecule has 170 valence electrons. The van der Waals surface area contributed by atoms with Crippen molar-refractivity contribution in [2.75, 3.05) is 30.9 Å². The predicted octanol–water partition coefficient (Wildman–Crippen LogP) is 4.66. The van der Waals surface area contributed by atoms with Crippen LogP contribution in [0.5, 0.6) is 0 Å². The molecular formula is C26H36N6. The number of para-hydroxylation sites is 1. The van der Waals surface area contributed by atoms with Gasteiger partial charge in [-0.05, 0) is 75.5 Å². The van der Waals surface area contributed by atoms with E-state index < -0.39 is 0 Å². The summed E-state index contributed by atoms with van der Waals surface area (Å²) in [6.07, 6.45) is 11.7. The Balaban J connectivity index is 1.12. The van der Waals surface area contributed by atoms with Crippen LogP contribution in [0, 0.1) is 5.92 Å². The summed E-state index contributed by atoms with van der Waals surface area (Å²) >= 11 is 0. The molecule has 0 atom stereocenters. The minimum atomic E-state index is 0.483. The molecule has 5 rings (SSSR count). The van der Waals surface area contributed by atoms with E-state index in [-0.39, 0.29) is 0 Å². The summed E-state index contributed by atoms with van der Waals surface area (Å²) in [5.74, 6) is 2.68. The van der Waals surface area contributed by atoms with Crippen LogP contribution in [0.2, 0.25) is 0 Å². The molecule has 6 heteroatoms. The quantitative estimate of drug-likeness (QED) is 0.506. The molecule has 2 aromatic heterocycles. The van der Waals surface area contributed by atoms with Gasteiger partial charge in [0.25, 0.3) is 0 Å². The van der Waals surface area contributed by atoms with Crippen LogP contribution in [0.25, 0.3) is 10.9 Å². The number of hydrogen-bond donors (Lipinski definition) is 3. The molecule has 0 bridgehead atoms. The molecular weight excluding hydrogens is 396 g/mol. The first-order chi connectivity index (χ1) is 15.7. The normalized spacial score (nSPS) is 20.8. The molecule has 32 heavy (non-hydrogen) atoms. The highest BCUT2D eigenvalue weighted by molar-refractivity contribution is 5.82. The van der Waals surface area contributed by atoms with E-state index in [2.05, 4.69) is 65.1 Å². The third kappa shape index (κ3) is 4.60. The SMILES string of the molecule is CN(C)c1nc(NC2CCC(CNCc3c[nH]c4ccccc34)CC2)nc2c1CCCC2. The first-order valence-corrected chi connectivity index (χ1v) is 12.3. The van der Waals surface area contributed by atoms with Crippen LogP contribution in [0.15, 0.2) is 30.5 Å². The number of aromatic nitrogens is 3. The number of fused-ring (bicyclic) bond motifs is 2. The molecule has 2 aliphatic carbocycles. The number of hydrogen-bond acceptors (Lipinski definition) is 5. The Hall–Kier alpha value is -2.60. The average Bonchev–Trinajstić information content (AvgIpc) is 3.23. The van der Waals surface area contributed by atoms with Crippen LogP contribution in [0.1, 0.15) is 55.3 Å². The van der Waals surface area contributed by atoms with Gasteiger partial charge in [0, 0.05) is 49.3 Å². The zero-order valence-electron chi connectivity index (χ0n) is 19.5. The molecule has 0 unspecified atom stereocenters. The van der Waals surface area contributed by atoms with Gasteiger partial charge in [0.2, 0.25) is 5.95 Å². The van der Waals surface area contributed by atoms with Crippen LogP contribution in [0.4, 0.5) is 11.8 Å². The molecule has 1 saturated carbocycles. The van der Waals surface area contributed by atoms with Gasteiger partial charge < -0.3 is 20.5 Å². The van der Waals surface area contributed by atoms with Crippen LogP contribution in [0.3, 0.4) is 0 Å². The summed E-state index contributed by atoms with van der Waals surface area (Å²) in [6, 6.07) is 9.02. The fraction of sp³-hybridized carbons (Fsp3) is 0.538. The van der Waals surface area contributed by atoms with Crippen molar-refractivity contribution >= 4 is 22.7 Å². The number of aromatic amines is 1. The maximum atomic E-state index is 4.91. The first-order valence-electron chi connectivity index (χ1n) is 12.3. The van der Waals surface area contributed by atoms with Crippen LogP contribution in [-0.2, 0) is 19.4 Å². The van der Waals surface area contributed by atoms with Crippen LogP contribution in [-0.4, -0.2) is 41.6 Å². The fourth-order valence-corrected chi connectivity index (χ4v) is 5.39. The van der Waals surface area contributed by atoms with Crippen LogP contribution >= 0.6 is 0 Å². The number of H-pyrrole nitrogens is 1. The van der Waals surface area contributed by atoms with Crippen LogP contribution < -0.4 is 15.5 Å². The molecule has 0 saturated heterocycles. The monoisotopic (exact) mass is 432 g/mol. The molecule has 6 nitrogen and oxygen atoms in total. The van der Waals surface area contributed by atoms with Gasteiger partial charge in [-0.25, -0.2) is 4.98 Å². The van der Waals surface area contributed by atoms with E-state index in [1.165, 1.54) is 66.2 Å². The van der Waals surface area contributed by atoms with Gasteiger partial charge in [-0.15, -0.1) is 0 Å². The lowest BCUT2D eigenvalue weighted by Crippen LogP contribution is -2.32. The molecule has 3 N–H and O–H groups in total. The number of benzene rings is 1. The second-order valence-electron chi connectivity index (χ2n) is 9.75. The van der Waals surface area contributed by atoms with E-state index in [9.17, 15) is 0 Å². The van der Waals surface area contributed by atoms with Crippen molar-refractivity contribution < 1.29 is 0 Å². The molecule has 0 amide bonds.